The van der Waals surface area contributed by atoms with Crippen LogP contribution in [0.25, 0.3) is 6.08 Å². The van der Waals surface area contributed by atoms with Gasteiger partial charge < -0.3 is 11.1 Å². The summed E-state index contributed by atoms with van der Waals surface area (Å²) >= 11 is 0. The van der Waals surface area contributed by atoms with Gasteiger partial charge in [-0.05, 0) is 23.8 Å². The highest BCUT2D eigenvalue weighted by Crippen LogP contribution is 2.06. The molecule has 0 saturated carbocycles. The number of anilines is 1. The summed E-state index contributed by atoms with van der Waals surface area (Å²) in [5.41, 5.74) is 7.22. The quantitative estimate of drug-likeness (QED) is 0.621. The second kappa shape index (κ2) is 6.51. The van der Waals surface area contributed by atoms with E-state index in [1.165, 1.54) is 6.08 Å². The maximum Gasteiger partial charge on any atom is 0.244 e. The zero-order valence-corrected chi connectivity index (χ0v) is 11.3. The van der Waals surface area contributed by atoms with E-state index in [1.807, 2.05) is 19.2 Å². The second-order valence-electron chi connectivity index (χ2n) is 4.38. The summed E-state index contributed by atoms with van der Waals surface area (Å²) in [7, 11) is 1.81. The summed E-state index contributed by atoms with van der Waals surface area (Å²) in [6.45, 7) is 0.509. The molecule has 0 spiro atoms. The Bertz CT molecular complexity index is 600. The average Bonchev–Trinajstić information content (AvgIpc) is 2.84. The van der Waals surface area contributed by atoms with Crippen LogP contribution >= 0.6 is 0 Å². The monoisotopic (exact) mass is 271 g/mol. The van der Waals surface area contributed by atoms with Crippen molar-refractivity contribution in [2.24, 2.45) is 7.05 Å². The van der Waals surface area contributed by atoms with Crippen LogP contribution in [0.2, 0.25) is 0 Å². The van der Waals surface area contributed by atoms with Gasteiger partial charge in [0.15, 0.2) is 5.82 Å². The molecule has 104 valence electrons. The molecular weight excluding hydrogens is 254 g/mol. The predicted molar refractivity (Wildman–Crippen MR) is 77.6 cm³/mol. The van der Waals surface area contributed by atoms with Gasteiger partial charge in [0.1, 0.15) is 6.33 Å². The van der Waals surface area contributed by atoms with Crippen LogP contribution in [0.3, 0.4) is 0 Å². The highest BCUT2D eigenvalue weighted by atomic mass is 16.1. The van der Waals surface area contributed by atoms with Crippen molar-refractivity contribution >= 4 is 17.7 Å². The van der Waals surface area contributed by atoms with Crippen LogP contribution in [0.15, 0.2) is 36.7 Å². The average molecular weight is 271 g/mol. The van der Waals surface area contributed by atoms with Crippen molar-refractivity contribution < 1.29 is 4.79 Å². The predicted octanol–water partition coefficient (Wildman–Crippen LogP) is 0.769. The van der Waals surface area contributed by atoms with E-state index in [0.29, 0.717) is 18.7 Å². The number of amides is 1. The van der Waals surface area contributed by atoms with Gasteiger partial charge in [0.2, 0.25) is 5.91 Å². The molecule has 0 saturated heterocycles. The number of benzene rings is 1. The highest BCUT2D eigenvalue weighted by molar-refractivity contribution is 5.91. The Morgan fingerprint density at radius 1 is 1.40 bits per heavy atom. The number of hydrogen-bond acceptors (Lipinski definition) is 4. The second-order valence-corrected chi connectivity index (χ2v) is 4.38. The third-order valence-electron chi connectivity index (χ3n) is 2.66. The van der Waals surface area contributed by atoms with Crippen LogP contribution in [0, 0.1) is 0 Å². The summed E-state index contributed by atoms with van der Waals surface area (Å²) in [6, 6.07) is 7.31. The lowest BCUT2D eigenvalue weighted by Gasteiger charge is -1.99. The molecule has 2 aromatic rings. The molecule has 1 heterocycles. The first kappa shape index (κ1) is 13.8. The zero-order valence-electron chi connectivity index (χ0n) is 11.3. The van der Waals surface area contributed by atoms with Crippen molar-refractivity contribution in [1.29, 1.82) is 0 Å². The number of aromatic nitrogens is 3. The molecule has 0 aliphatic rings. The Labute approximate surface area is 117 Å². The molecule has 2 rings (SSSR count). The van der Waals surface area contributed by atoms with Gasteiger partial charge in [-0.1, -0.05) is 12.1 Å². The van der Waals surface area contributed by atoms with E-state index >= 15 is 0 Å². The van der Waals surface area contributed by atoms with Crippen LogP contribution in [0.1, 0.15) is 11.4 Å². The first-order chi connectivity index (χ1) is 9.63. The molecule has 0 radical (unpaired) electrons. The summed E-state index contributed by atoms with van der Waals surface area (Å²) in [5.74, 6) is 0.577. The first-order valence-corrected chi connectivity index (χ1v) is 6.29. The van der Waals surface area contributed by atoms with Gasteiger partial charge in [0.25, 0.3) is 0 Å². The molecule has 0 unspecified atom stereocenters. The number of aryl methyl sites for hydroxylation is 1. The van der Waals surface area contributed by atoms with Gasteiger partial charge in [-0.15, -0.1) is 0 Å². The lowest BCUT2D eigenvalue weighted by Crippen LogP contribution is -2.23. The molecule has 20 heavy (non-hydrogen) atoms. The Morgan fingerprint density at radius 3 is 2.80 bits per heavy atom. The van der Waals surface area contributed by atoms with E-state index < -0.39 is 0 Å². The number of nitrogens with two attached hydrogens (primary N) is 1. The fraction of sp³-hybridized carbons (Fsp3) is 0.214. The molecule has 6 heteroatoms. The first-order valence-electron chi connectivity index (χ1n) is 6.29. The van der Waals surface area contributed by atoms with E-state index in [1.54, 1.807) is 29.2 Å². The van der Waals surface area contributed by atoms with E-state index in [9.17, 15) is 4.79 Å². The van der Waals surface area contributed by atoms with Crippen LogP contribution in [0.5, 0.6) is 0 Å². The van der Waals surface area contributed by atoms with Crippen LogP contribution in [-0.2, 0) is 18.3 Å². The number of rotatable bonds is 5. The van der Waals surface area contributed by atoms with Crippen molar-refractivity contribution in [2.45, 2.75) is 6.42 Å². The third kappa shape index (κ3) is 4.24. The molecule has 1 aromatic carbocycles. The number of carbonyl (C=O) groups excluding carboxylic acids is 1. The molecule has 1 aromatic heterocycles. The number of nitrogens with one attached hydrogen (secondary N) is 1. The molecule has 1 amide bonds. The molecule has 6 nitrogen and oxygen atoms in total. The maximum absolute atomic E-state index is 11.6. The SMILES string of the molecule is Cn1cnc(CCNC(=O)/C=C/c2ccc(N)cc2)n1. The number of carbonyl (C=O) groups is 1. The molecular formula is C14H17N5O. The fourth-order valence-corrected chi connectivity index (χ4v) is 1.63. The van der Waals surface area contributed by atoms with E-state index in [0.717, 1.165) is 11.4 Å². The van der Waals surface area contributed by atoms with Gasteiger partial charge in [-0.3, -0.25) is 9.48 Å². The van der Waals surface area contributed by atoms with Gasteiger partial charge in [0.05, 0.1) is 0 Å². The molecule has 0 fully saturated rings. The Morgan fingerprint density at radius 2 is 2.15 bits per heavy atom. The number of nitrogens with zero attached hydrogens (tertiary/aromatic N) is 3. The minimum atomic E-state index is -0.141. The van der Waals surface area contributed by atoms with E-state index in [2.05, 4.69) is 15.4 Å². The van der Waals surface area contributed by atoms with Crippen LogP contribution in [-0.4, -0.2) is 27.2 Å². The van der Waals surface area contributed by atoms with Crippen molar-refractivity contribution in [3.63, 3.8) is 0 Å². The Balaban J connectivity index is 1.76. The Hall–Kier alpha value is -2.63. The van der Waals surface area contributed by atoms with Crippen LogP contribution < -0.4 is 11.1 Å². The van der Waals surface area contributed by atoms with Crippen LogP contribution in [0.4, 0.5) is 5.69 Å². The van der Waals surface area contributed by atoms with Crippen molar-refractivity contribution in [2.75, 3.05) is 12.3 Å². The Kier molecular flexibility index (Phi) is 4.49. The molecule has 3 N–H and O–H groups in total. The maximum atomic E-state index is 11.6. The van der Waals surface area contributed by atoms with Crippen molar-refractivity contribution in [3.05, 3.63) is 48.1 Å². The zero-order chi connectivity index (χ0) is 14.4. The number of nitrogen functional groups attached to an aromatic ring is 1. The molecule has 0 atom stereocenters. The largest absolute Gasteiger partial charge is 0.399 e. The third-order valence-corrected chi connectivity index (χ3v) is 2.66. The fourth-order valence-electron chi connectivity index (χ4n) is 1.63. The molecule has 0 bridgehead atoms. The highest BCUT2D eigenvalue weighted by Gasteiger charge is 2.00. The van der Waals surface area contributed by atoms with E-state index in [4.69, 9.17) is 5.73 Å². The van der Waals surface area contributed by atoms with E-state index in [-0.39, 0.29) is 5.91 Å². The lowest BCUT2D eigenvalue weighted by molar-refractivity contribution is -0.116. The minimum Gasteiger partial charge on any atom is -0.399 e. The van der Waals surface area contributed by atoms with Gasteiger partial charge >= 0.3 is 0 Å². The van der Waals surface area contributed by atoms with Gasteiger partial charge in [-0.2, -0.15) is 5.10 Å². The van der Waals surface area contributed by atoms with Crippen molar-refractivity contribution in [3.8, 4) is 0 Å². The summed E-state index contributed by atoms with van der Waals surface area (Å²) in [5, 5.41) is 6.92. The summed E-state index contributed by atoms with van der Waals surface area (Å²) < 4.78 is 1.64. The van der Waals surface area contributed by atoms with Gasteiger partial charge in [-0.25, -0.2) is 4.98 Å². The smallest absolute Gasteiger partial charge is 0.244 e. The van der Waals surface area contributed by atoms with Crippen molar-refractivity contribution in [1.82, 2.24) is 20.1 Å². The summed E-state index contributed by atoms with van der Waals surface area (Å²) in [4.78, 5) is 15.7. The summed E-state index contributed by atoms with van der Waals surface area (Å²) in [6.07, 6.45) is 5.49. The van der Waals surface area contributed by atoms with Gasteiger partial charge in [0, 0.05) is 31.8 Å². The molecule has 0 aliphatic heterocycles. The molecule has 0 aliphatic carbocycles. The topological polar surface area (TPSA) is 85.8 Å². The number of hydrogen-bond donors (Lipinski definition) is 2. The minimum absolute atomic E-state index is 0.141. The normalized spacial score (nSPS) is 10.8. The standard InChI is InChI=1S/C14H17N5O/c1-19-10-17-13(18-19)8-9-16-14(20)7-4-11-2-5-12(15)6-3-11/h2-7,10H,8-9,15H2,1H3,(H,16,20)/b7-4+. The lowest BCUT2D eigenvalue weighted by atomic mass is 10.2.